The molecule has 0 aliphatic heterocycles. The Morgan fingerprint density at radius 1 is 1.44 bits per heavy atom. The van der Waals surface area contributed by atoms with Crippen LogP contribution >= 0.6 is 23.1 Å². The van der Waals surface area contributed by atoms with Gasteiger partial charge in [-0.25, -0.2) is 4.98 Å². The van der Waals surface area contributed by atoms with E-state index in [1.165, 1.54) is 21.2 Å². The normalized spacial score (nSPS) is 12.6. The second-order valence-electron chi connectivity index (χ2n) is 4.24. The van der Waals surface area contributed by atoms with Crippen molar-refractivity contribution in [2.24, 2.45) is 5.73 Å². The first kappa shape index (κ1) is 13.6. The minimum atomic E-state index is 0.0940. The van der Waals surface area contributed by atoms with Crippen molar-refractivity contribution < 1.29 is 0 Å². The smallest absolute Gasteiger partial charge is 0.0925 e. The lowest BCUT2D eigenvalue weighted by atomic mass is 10.1. The van der Waals surface area contributed by atoms with E-state index in [4.69, 9.17) is 5.73 Å². The van der Waals surface area contributed by atoms with Crippen molar-refractivity contribution in [3.63, 3.8) is 0 Å². The van der Waals surface area contributed by atoms with Gasteiger partial charge in [0.2, 0.25) is 0 Å². The van der Waals surface area contributed by atoms with E-state index in [0.29, 0.717) is 0 Å². The zero-order valence-electron chi connectivity index (χ0n) is 10.7. The van der Waals surface area contributed by atoms with Gasteiger partial charge < -0.3 is 5.73 Å². The highest BCUT2D eigenvalue weighted by molar-refractivity contribution is 7.98. The molecule has 2 rings (SSSR count). The Kier molecular flexibility index (Phi) is 4.80. The van der Waals surface area contributed by atoms with Crippen molar-refractivity contribution in [3.8, 4) is 0 Å². The minimum Gasteiger partial charge on any atom is -0.324 e. The Morgan fingerprint density at radius 2 is 2.28 bits per heavy atom. The molecule has 18 heavy (non-hydrogen) atoms. The fraction of sp³-hybridized carbons (Fsp3) is 0.357. The van der Waals surface area contributed by atoms with Gasteiger partial charge >= 0.3 is 0 Å². The van der Waals surface area contributed by atoms with Gasteiger partial charge in [0.05, 0.1) is 10.7 Å². The highest BCUT2D eigenvalue weighted by Gasteiger charge is 2.04. The number of aromatic nitrogens is 1. The topological polar surface area (TPSA) is 38.9 Å². The molecule has 1 atom stereocenters. The first-order valence-corrected chi connectivity index (χ1v) is 7.97. The Labute approximate surface area is 117 Å². The van der Waals surface area contributed by atoms with Gasteiger partial charge in [-0.2, -0.15) is 0 Å². The molecule has 1 aromatic carbocycles. The number of thioether (sulfide) groups is 1. The maximum Gasteiger partial charge on any atom is 0.0925 e. The van der Waals surface area contributed by atoms with Gasteiger partial charge in [0.1, 0.15) is 0 Å². The van der Waals surface area contributed by atoms with Crippen LogP contribution in [0.1, 0.15) is 36.2 Å². The van der Waals surface area contributed by atoms with Crippen LogP contribution in [0, 0.1) is 0 Å². The molecule has 1 heterocycles. The van der Waals surface area contributed by atoms with Crippen LogP contribution in [0.4, 0.5) is 0 Å². The molecule has 2 aromatic rings. The Balaban J connectivity index is 1.99. The standard InChI is InChI=1S/C14H18N2S2/c1-3-14-16-12(9-18-14)8-17-13-6-4-5-11(7-13)10(2)15/h4-7,9-10H,3,8,15H2,1-2H3. The van der Waals surface area contributed by atoms with Crippen LogP contribution in [-0.4, -0.2) is 4.98 Å². The summed E-state index contributed by atoms with van der Waals surface area (Å²) in [5, 5.41) is 3.37. The molecule has 0 saturated heterocycles. The summed E-state index contributed by atoms with van der Waals surface area (Å²) in [6, 6.07) is 8.54. The number of hydrogen-bond donors (Lipinski definition) is 1. The van der Waals surface area contributed by atoms with E-state index in [1.807, 2.05) is 18.7 Å². The third kappa shape index (κ3) is 3.57. The monoisotopic (exact) mass is 278 g/mol. The molecule has 1 unspecified atom stereocenters. The van der Waals surface area contributed by atoms with E-state index in [2.05, 4.69) is 41.6 Å². The van der Waals surface area contributed by atoms with Crippen LogP contribution in [0.5, 0.6) is 0 Å². The summed E-state index contributed by atoms with van der Waals surface area (Å²) in [5.41, 5.74) is 8.25. The fourth-order valence-electron chi connectivity index (χ4n) is 1.62. The molecule has 2 N–H and O–H groups in total. The third-order valence-corrected chi connectivity index (χ3v) is 4.74. The first-order chi connectivity index (χ1) is 8.69. The van der Waals surface area contributed by atoms with Crippen molar-refractivity contribution in [2.45, 2.75) is 37.0 Å². The van der Waals surface area contributed by atoms with Crippen molar-refractivity contribution in [1.29, 1.82) is 0 Å². The van der Waals surface area contributed by atoms with Crippen molar-refractivity contribution in [2.75, 3.05) is 0 Å². The van der Waals surface area contributed by atoms with Gasteiger partial charge in [-0.1, -0.05) is 19.1 Å². The van der Waals surface area contributed by atoms with Crippen LogP contribution in [0.3, 0.4) is 0 Å². The van der Waals surface area contributed by atoms with Crippen LogP contribution in [0.2, 0.25) is 0 Å². The SMILES string of the molecule is CCc1nc(CSc2cccc(C(C)N)c2)cs1. The predicted octanol–water partition coefficient (Wildman–Crippen LogP) is 4.02. The molecule has 2 nitrogen and oxygen atoms in total. The molecule has 0 aliphatic carbocycles. The number of benzene rings is 1. The van der Waals surface area contributed by atoms with Crippen molar-refractivity contribution in [1.82, 2.24) is 4.98 Å². The highest BCUT2D eigenvalue weighted by Crippen LogP contribution is 2.25. The molecule has 0 saturated carbocycles. The molecule has 0 aliphatic rings. The summed E-state index contributed by atoms with van der Waals surface area (Å²) in [4.78, 5) is 5.83. The van der Waals surface area contributed by atoms with E-state index in [1.54, 1.807) is 11.3 Å². The summed E-state index contributed by atoms with van der Waals surface area (Å²) in [5.74, 6) is 0.929. The van der Waals surface area contributed by atoms with Gasteiger partial charge in [0.25, 0.3) is 0 Å². The van der Waals surface area contributed by atoms with Gasteiger partial charge in [-0.05, 0) is 31.0 Å². The van der Waals surface area contributed by atoms with Gasteiger partial charge in [0, 0.05) is 22.1 Å². The maximum atomic E-state index is 5.89. The van der Waals surface area contributed by atoms with Crippen LogP contribution < -0.4 is 5.73 Å². The lowest BCUT2D eigenvalue weighted by Gasteiger charge is -2.07. The summed E-state index contributed by atoms with van der Waals surface area (Å²) in [6.45, 7) is 4.15. The predicted molar refractivity (Wildman–Crippen MR) is 80.1 cm³/mol. The average molecular weight is 278 g/mol. The van der Waals surface area contributed by atoms with E-state index >= 15 is 0 Å². The quantitative estimate of drug-likeness (QED) is 0.840. The van der Waals surface area contributed by atoms with Gasteiger partial charge in [-0.15, -0.1) is 23.1 Å². The Morgan fingerprint density at radius 3 is 2.94 bits per heavy atom. The number of rotatable bonds is 5. The average Bonchev–Trinajstić information content (AvgIpc) is 2.84. The minimum absolute atomic E-state index is 0.0940. The van der Waals surface area contributed by atoms with E-state index in [0.717, 1.165) is 12.2 Å². The van der Waals surface area contributed by atoms with Crippen molar-refractivity contribution >= 4 is 23.1 Å². The fourth-order valence-corrected chi connectivity index (χ4v) is 3.33. The van der Waals surface area contributed by atoms with Crippen LogP contribution in [0.25, 0.3) is 0 Å². The molecule has 0 radical (unpaired) electrons. The molecule has 4 heteroatoms. The molecule has 96 valence electrons. The first-order valence-electron chi connectivity index (χ1n) is 6.10. The molecule has 1 aromatic heterocycles. The summed E-state index contributed by atoms with van der Waals surface area (Å²) in [7, 11) is 0. The van der Waals surface area contributed by atoms with Gasteiger partial charge in [0.15, 0.2) is 0 Å². The summed E-state index contributed by atoms with van der Waals surface area (Å²) in [6.07, 6.45) is 1.02. The lowest BCUT2D eigenvalue weighted by molar-refractivity contribution is 0.815. The Hall–Kier alpha value is -0.840. The van der Waals surface area contributed by atoms with E-state index in [-0.39, 0.29) is 6.04 Å². The number of nitrogens with two attached hydrogens (primary N) is 1. The molecule has 0 spiro atoms. The van der Waals surface area contributed by atoms with E-state index in [9.17, 15) is 0 Å². The van der Waals surface area contributed by atoms with Crippen molar-refractivity contribution in [3.05, 3.63) is 45.9 Å². The number of nitrogens with zero attached hydrogens (tertiary/aromatic N) is 1. The molecular weight excluding hydrogens is 260 g/mol. The molecule has 0 bridgehead atoms. The number of thiazole rings is 1. The zero-order chi connectivity index (χ0) is 13.0. The third-order valence-electron chi connectivity index (χ3n) is 2.67. The highest BCUT2D eigenvalue weighted by atomic mass is 32.2. The number of hydrogen-bond acceptors (Lipinski definition) is 4. The molecule has 0 amide bonds. The summed E-state index contributed by atoms with van der Waals surface area (Å²) >= 11 is 3.57. The van der Waals surface area contributed by atoms with Crippen LogP contribution in [-0.2, 0) is 12.2 Å². The summed E-state index contributed by atoms with van der Waals surface area (Å²) < 4.78 is 0. The second kappa shape index (κ2) is 6.36. The second-order valence-corrected chi connectivity index (χ2v) is 6.23. The van der Waals surface area contributed by atoms with Gasteiger partial charge in [-0.3, -0.25) is 0 Å². The number of aryl methyl sites for hydroxylation is 1. The zero-order valence-corrected chi connectivity index (χ0v) is 12.4. The molecular formula is C14H18N2S2. The van der Waals surface area contributed by atoms with E-state index < -0.39 is 0 Å². The lowest BCUT2D eigenvalue weighted by Crippen LogP contribution is -2.04. The van der Waals surface area contributed by atoms with Crippen LogP contribution in [0.15, 0.2) is 34.5 Å². The maximum absolute atomic E-state index is 5.89. The molecule has 0 fully saturated rings. The largest absolute Gasteiger partial charge is 0.324 e. The Bertz CT molecular complexity index is 506.